The summed E-state index contributed by atoms with van der Waals surface area (Å²) in [4.78, 5) is 98.4. The Bertz CT molecular complexity index is 4260. The van der Waals surface area contributed by atoms with E-state index >= 15 is 0 Å². The van der Waals surface area contributed by atoms with Crippen molar-refractivity contribution in [3.05, 3.63) is 84.0 Å². The second-order valence-corrected chi connectivity index (χ2v) is 33.1. The molecule has 3 fully saturated rings. The standard InChI is InChI=1S/C90H136N12O23/c1-60-17-11-10-12-18-61(2)51-64(5)81(105)83(112-9)82(106)65(6)52-62(3)73(103)56-76(123-88(109)72-19-13-15-30-101(72)87(108)84(107)90(110)66(7)21-25-70(125-90)24-20-60)63(4)53-67-22-26-75(77(54-67)111-8)122-50-49-121-58-69-57-100(99-97-69)32-34-114-36-38-116-40-42-118-44-46-120-48-47-119-45-43-117-41-39-115-37-35-113-33-28-78(104)93-29-14-16-31-102-86-79(85(91)94-59-95-86)80(98-102)68-23-27-74-71(55-68)96-89(92)124-74/h10-12,17-18,23,27,52,55,57,59,61-64,66-67,70,72,75-77,82-83,106,110H,13-16,19-22,24-26,28-51,53-54,56,58H2,1-9H3,(H2,92,96)(H,93,104)(H2,91,94,95)/b11-10+,18-12+,60-17+,65-52+/t61-,62-,63-,64-,66-,67+,70-,72+,75?,76+,77-,82-,83+,90-/m1/s1. The second-order valence-electron chi connectivity index (χ2n) is 33.1. The fourth-order valence-corrected chi connectivity index (χ4v) is 16.1. The number of piperidine rings is 1. The molecule has 694 valence electrons. The Morgan fingerprint density at radius 1 is 0.736 bits per heavy atom. The average molecular weight is 1750 g/mol. The van der Waals surface area contributed by atoms with Crippen LogP contribution in [0.3, 0.4) is 0 Å². The smallest absolute Gasteiger partial charge is 0.329 e. The number of cyclic esters (lactones) is 1. The van der Waals surface area contributed by atoms with Gasteiger partial charge in [0.05, 0.1) is 162 Å². The maximum atomic E-state index is 14.7. The number of anilines is 2. The number of hydrogen-bond acceptors (Lipinski definition) is 31. The predicted molar refractivity (Wildman–Crippen MR) is 463 cm³/mol. The van der Waals surface area contributed by atoms with E-state index in [0.29, 0.717) is 241 Å². The number of aryl methyl sites for hydroxylation is 1. The van der Waals surface area contributed by atoms with Crippen molar-refractivity contribution < 1.29 is 110 Å². The first kappa shape index (κ1) is 101. The predicted octanol–water partition coefficient (Wildman–Crippen LogP) is 8.62. The lowest BCUT2D eigenvalue weighted by atomic mass is 9.78. The van der Waals surface area contributed by atoms with Gasteiger partial charge in [-0.25, -0.2) is 24.1 Å². The van der Waals surface area contributed by atoms with Gasteiger partial charge in [0.1, 0.15) is 59.2 Å². The molecule has 1 saturated carbocycles. The number of methoxy groups -OCH3 is 2. The molecule has 3 aliphatic heterocycles. The van der Waals surface area contributed by atoms with Crippen molar-refractivity contribution in [1.82, 2.24) is 49.9 Å². The van der Waals surface area contributed by atoms with Crippen molar-refractivity contribution in [2.24, 2.45) is 35.5 Å². The number of aliphatic hydroxyl groups is 2. The van der Waals surface area contributed by atoms with Gasteiger partial charge >= 0.3 is 5.97 Å². The van der Waals surface area contributed by atoms with E-state index in [1.165, 1.54) is 18.3 Å². The van der Waals surface area contributed by atoms with E-state index in [9.17, 15) is 39.0 Å². The van der Waals surface area contributed by atoms with Gasteiger partial charge in [-0.3, -0.25) is 24.0 Å². The van der Waals surface area contributed by atoms with E-state index in [-0.39, 0.29) is 92.5 Å². The first-order valence-electron chi connectivity index (χ1n) is 44.5. The third-order valence-electron chi connectivity index (χ3n) is 23.4. The van der Waals surface area contributed by atoms with E-state index in [1.807, 2.05) is 76.4 Å². The number of nitrogens with zero attached hydrogens (tertiary/aromatic N) is 9. The number of amides is 2. The minimum absolute atomic E-state index is 0.0216. The van der Waals surface area contributed by atoms with E-state index in [2.05, 4.69) is 30.6 Å². The highest BCUT2D eigenvalue weighted by Crippen LogP contribution is 2.39. The number of unbranched alkanes of at least 4 members (excludes halogenated alkanes) is 1. The normalized spacial score (nSPS) is 26.2. The zero-order valence-corrected chi connectivity index (χ0v) is 74.6. The number of esters is 1. The number of oxazole rings is 1. The van der Waals surface area contributed by atoms with Crippen LogP contribution in [0.15, 0.2) is 82.7 Å². The van der Waals surface area contributed by atoms with Crippen LogP contribution in [0.5, 0.6) is 0 Å². The zero-order chi connectivity index (χ0) is 89.5. The summed E-state index contributed by atoms with van der Waals surface area (Å²) in [6, 6.07) is 4.42. The highest BCUT2D eigenvalue weighted by atomic mass is 16.6. The Morgan fingerprint density at radius 3 is 2.10 bits per heavy atom. The number of allylic oxidation sites excluding steroid dienone is 7. The lowest BCUT2D eigenvalue weighted by molar-refractivity contribution is -0.263. The van der Waals surface area contributed by atoms with Crippen molar-refractivity contribution in [1.29, 1.82) is 0 Å². The number of ketones is 3. The van der Waals surface area contributed by atoms with Gasteiger partial charge in [0.15, 0.2) is 17.0 Å². The van der Waals surface area contributed by atoms with Crippen molar-refractivity contribution in [2.75, 3.05) is 158 Å². The number of aromatic nitrogens is 8. The van der Waals surface area contributed by atoms with E-state index < -0.39 is 71.7 Å². The summed E-state index contributed by atoms with van der Waals surface area (Å²) in [6.45, 7) is 21.8. The number of fused-ring (bicyclic) bond motifs is 5. The maximum absolute atomic E-state index is 14.7. The van der Waals surface area contributed by atoms with Gasteiger partial charge in [0, 0.05) is 70.0 Å². The number of carbonyl (C=O) groups excluding carboxylic acids is 6. The number of nitrogen functional groups attached to an aromatic ring is 2. The number of carbonyl (C=O) groups is 6. The third-order valence-corrected chi connectivity index (χ3v) is 23.4. The van der Waals surface area contributed by atoms with Crippen molar-refractivity contribution >= 4 is 69.1 Å². The molecule has 4 aromatic heterocycles. The molecule has 0 spiro atoms. The summed E-state index contributed by atoms with van der Waals surface area (Å²) in [5, 5.41) is 40.5. The molecular weight excluding hydrogens is 1620 g/mol. The van der Waals surface area contributed by atoms with Gasteiger partial charge in [-0.05, 0) is 145 Å². The molecule has 7 heterocycles. The summed E-state index contributed by atoms with van der Waals surface area (Å²) in [6.07, 6.45) is 18.3. The zero-order valence-electron chi connectivity index (χ0n) is 74.6. The van der Waals surface area contributed by atoms with Crippen LogP contribution in [0.1, 0.15) is 157 Å². The molecule has 2 amide bonds. The number of nitrogens with two attached hydrogens (primary N) is 2. The van der Waals surface area contributed by atoms with Crippen LogP contribution in [-0.2, 0) is 115 Å². The van der Waals surface area contributed by atoms with Crippen LogP contribution < -0.4 is 16.8 Å². The van der Waals surface area contributed by atoms with Gasteiger partial charge in [-0.1, -0.05) is 81.9 Å². The molecule has 1 unspecified atom stereocenters. The fourth-order valence-electron chi connectivity index (χ4n) is 16.1. The first-order chi connectivity index (χ1) is 60.4. The summed E-state index contributed by atoms with van der Waals surface area (Å²) in [7, 11) is 3.04. The van der Waals surface area contributed by atoms with E-state index in [1.54, 1.807) is 49.4 Å². The summed E-state index contributed by atoms with van der Waals surface area (Å²) in [5.74, 6) is -7.76. The lowest BCUT2D eigenvalue weighted by Crippen LogP contribution is -2.60. The number of hydrogen-bond donors (Lipinski definition) is 5. The molecule has 1 aliphatic carbocycles. The van der Waals surface area contributed by atoms with E-state index in [0.717, 1.165) is 30.4 Å². The molecule has 0 radical (unpaired) electrons. The number of ether oxygens (including phenoxy) is 14. The van der Waals surface area contributed by atoms with Gasteiger partial charge in [-0.2, -0.15) is 10.1 Å². The average Bonchev–Trinajstić information content (AvgIpc) is 1.04. The van der Waals surface area contributed by atoms with Crippen molar-refractivity contribution in [3.63, 3.8) is 0 Å². The molecule has 4 aliphatic rings. The molecule has 2 bridgehead atoms. The van der Waals surface area contributed by atoms with Crippen molar-refractivity contribution in [2.45, 2.75) is 219 Å². The Morgan fingerprint density at radius 2 is 1.42 bits per heavy atom. The Balaban J connectivity index is 0.578. The first-order valence-corrected chi connectivity index (χ1v) is 44.5. The van der Waals surface area contributed by atoms with Gasteiger partial charge in [0.2, 0.25) is 11.7 Å². The van der Waals surface area contributed by atoms with Crippen LogP contribution >= 0.6 is 0 Å². The van der Waals surface area contributed by atoms with Crippen LogP contribution in [-0.4, -0.2) is 285 Å². The maximum Gasteiger partial charge on any atom is 0.329 e. The summed E-state index contributed by atoms with van der Waals surface area (Å²) < 4.78 is 90.4. The van der Waals surface area contributed by atoms with Crippen molar-refractivity contribution in [3.8, 4) is 11.3 Å². The van der Waals surface area contributed by atoms with E-state index in [4.69, 9.17) is 87.3 Å². The SMILES string of the molecule is CO[C@@H]1C[C@H](C[C@@H](C)[C@@H]2CC(=O)[C@H](C)/C=C(\C)[C@@H](O)[C@@H](OC)C(=O)[C@H](C)C[C@H](C)/C=C/C=C/C=C(\C)CC[C@@H]3CC[C@@H](C)[C@@](O)(O3)C(=O)C(=O)N3CCCC[C@H]3C(=O)O2)CCC1OCCOCc1cn(CCOCCOCCOCCOCCOCCOCCOCCOCCC(=O)NCCCCn2nc(-c3ccc4oc(N)nc4c3)c3c(N)ncnc32)nn1. The Kier molecular flexibility index (Phi) is 43.0. The molecule has 14 atom stereocenters. The van der Waals surface area contributed by atoms with Gasteiger partial charge < -0.3 is 103 Å². The Hall–Kier alpha value is -8.24. The molecule has 1 aromatic carbocycles. The number of benzene rings is 1. The number of nitrogens with one attached hydrogen (secondary N) is 1. The molecule has 125 heavy (non-hydrogen) atoms. The topological polar surface area (TPSA) is 440 Å². The number of aliphatic hydroxyl groups excluding tert-OH is 1. The molecule has 5 aromatic rings. The number of Topliss-reactive ketones (excluding diaryl/α,β-unsaturated/α-hetero) is 3. The highest BCUT2D eigenvalue weighted by molar-refractivity contribution is 6.39. The van der Waals surface area contributed by atoms with Crippen LogP contribution in [0.25, 0.3) is 33.4 Å². The lowest BCUT2D eigenvalue weighted by Gasteiger charge is -2.42. The molecule has 7 N–H and O–H groups in total. The highest BCUT2D eigenvalue weighted by Gasteiger charge is 2.53. The minimum atomic E-state index is -2.40. The second kappa shape index (κ2) is 53.5. The summed E-state index contributed by atoms with van der Waals surface area (Å²) >= 11 is 0. The Labute approximate surface area is 733 Å². The molecule has 35 nitrogen and oxygen atoms in total. The minimum Gasteiger partial charge on any atom is -0.460 e. The quantitative estimate of drug-likeness (QED) is 0.0105. The number of rotatable bonds is 44. The fraction of sp³-hybridized carbons (Fsp3) is 0.689. The molecule has 35 heteroatoms. The van der Waals surface area contributed by atoms with Crippen LogP contribution in [0.2, 0.25) is 0 Å². The van der Waals surface area contributed by atoms with Crippen LogP contribution in [0, 0.1) is 35.5 Å². The third kappa shape index (κ3) is 32.2. The largest absolute Gasteiger partial charge is 0.460 e. The molecule has 2 saturated heterocycles. The summed E-state index contributed by atoms with van der Waals surface area (Å²) in [5.41, 5.74) is 17.3. The van der Waals surface area contributed by atoms with Crippen LogP contribution in [0.4, 0.5) is 11.8 Å². The van der Waals surface area contributed by atoms with Gasteiger partial charge in [0.25, 0.3) is 17.7 Å². The monoisotopic (exact) mass is 1750 g/mol. The van der Waals surface area contributed by atoms with Gasteiger partial charge in [-0.15, -0.1) is 5.10 Å². The molecular formula is C90H136N12O23. The molecule has 9 rings (SSSR count).